The Labute approximate surface area is 243 Å². The second kappa shape index (κ2) is 11.4. The van der Waals surface area contributed by atoms with Gasteiger partial charge in [-0.1, -0.05) is 11.3 Å². The Morgan fingerprint density at radius 3 is 2.73 bits per heavy atom. The molecule has 1 amide bonds. The van der Waals surface area contributed by atoms with Gasteiger partial charge in [0.25, 0.3) is 5.91 Å². The molecular formula is C32H37F2N5OS. The Bertz CT molecular complexity index is 1580. The fraction of sp³-hybridized carbons (Fsp3) is 0.500. The van der Waals surface area contributed by atoms with Crippen LogP contribution < -0.4 is 10.6 Å². The van der Waals surface area contributed by atoms with Gasteiger partial charge in [0, 0.05) is 43.0 Å². The lowest BCUT2D eigenvalue weighted by molar-refractivity contribution is 0.0950. The zero-order chi connectivity index (χ0) is 27.9. The first-order valence-electron chi connectivity index (χ1n) is 15.2. The number of piperidine rings is 1. The van der Waals surface area contributed by atoms with Crippen LogP contribution in [0.25, 0.3) is 26.4 Å². The Kier molecular flexibility index (Phi) is 7.52. The SMILES string of the molecule is O=C(NCCCN1CCC(F)CC1)c1ccc2c(c1)sc1nc(-c3c(F)cc([C@@H]4CCCN4)c4c3CCCC4)cn12. The number of alkyl halides is 1. The van der Waals surface area contributed by atoms with E-state index in [-0.39, 0.29) is 17.8 Å². The van der Waals surface area contributed by atoms with Gasteiger partial charge >= 0.3 is 0 Å². The summed E-state index contributed by atoms with van der Waals surface area (Å²) in [6.07, 6.45) is 9.69. The number of nitrogens with one attached hydrogen (secondary N) is 2. The number of fused-ring (bicyclic) bond motifs is 4. The predicted octanol–water partition coefficient (Wildman–Crippen LogP) is 6.21. The third kappa shape index (κ3) is 5.28. The Balaban J connectivity index is 1.09. The molecule has 2 fully saturated rings. The van der Waals surface area contributed by atoms with Gasteiger partial charge in [0.2, 0.25) is 0 Å². The maximum atomic E-state index is 15.8. The molecule has 9 heteroatoms. The number of nitrogens with zero attached hydrogens (tertiary/aromatic N) is 3. The number of likely N-dealkylation sites (tertiary alicyclic amines) is 1. The van der Waals surface area contributed by atoms with Gasteiger partial charge in [-0.2, -0.15) is 0 Å². The highest BCUT2D eigenvalue weighted by Crippen LogP contribution is 2.40. The molecule has 7 rings (SSSR count). The summed E-state index contributed by atoms with van der Waals surface area (Å²) in [6, 6.07) is 7.75. The summed E-state index contributed by atoms with van der Waals surface area (Å²) in [5.74, 6) is -0.262. The molecule has 0 spiro atoms. The lowest BCUT2D eigenvalue weighted by Gasteiger charge is -2.28. The molecule has 2 saturated heterocycles. The number of thiazole rings is 1. The number of hydrogen-bond donors (Lipinski definition) is 2. The van der Waals surface area contributed by atoms with E-state index < -0.39 is 6.17 Å². The van der Waals surface area contributed by atoms with Gasteiger partial charge in [-0.05, 0) is 112 Å². The van der Waals surface area contributed by atoms with Crippen LogP contribution in [0.2, 0.25) is 0 Å². The normalized spacial score (nSPS) is 20.2. The predicted molar refractivity (Wildman–Crippen MR) is 160 cm³/mol. The van der Waals surface area contributed by atoms with Gasteiger partial charge in [0.1, 0.15) is 12.0 Å². The van der Waals surface area contributed by atoms with Crippen LogP contribution in [-0.4, -0.2) is 59.1 Å². The molecule has 0 saturated carbocycles. The Morgan fingerprint density at radius 2 is 1.93 bits per heavy atom. The maximum absolute atomic E-state index is 15.8. The Hall–Kier alpha value is -2.88. The van der Waals surface area contributed by atoms with E-state index in [1.165, 1.54) is 16.9 Å². The highest BCUT2D eigenvalue weighted by molar-refractivity contribution is 7.23. The van der Waals surface area contributed by atoms with Crippen molar-refractivity contribution in [2.75, 3.05) is 32.7 Å². The standard InChI is InChI=1S/C32H37F2N5OS/c33-21-10-15-38(16-11-21)14-4-13-36-31(40)20-8-9-28-29(17-20)41-32-37-27(19-39(28)32)30-23-6-2-1-5-22(23)24(18-25(30)34)26-7-3-12-35-26/h8-9,17-19,21,26,35H,1-7,10-16H2,(H,36,40)/t26-/m0/s1. The minimum Gasteiger partial charge on any atom is -0.352 e. The minimum atomic E-state index is -0.662. The molecule has 216 valence electrons. The summed E-state index contributed by atoms with van der Waals surface area (Å²) < 4.78 is 32.1. The highest BCUT2D eigenvalue weighted by Gasteiger charge is 2.28. The van der Waals surface area contributed by atoms with Gasteiger partial charge in [-0.3, -0.25) is 9.20 Å². The van der Waals surface area contributed by atoms with Crippen molar-refractivity contribution >= 4 is 32.4 Å². The number of imidazole rings is 1. The van der Waals surface area contributed by atoms with E-state index in [4.69, 9.17) is 4.98 Å². The second-order valence-electron chi connectivity index (χ2n) is 11.8. The van der Waals surface area contributed by atoms with Crippen LogP contribution >= 0.6 is 11.3 Å². The largest absolute Gasteiger partial charge is 0.352 e. The van der Waals surface area contributed by atoms with Gasteiger partial charge in [0.15, 0.2) is 4.96 Å². The van der Waals surface area contributed by atoms with Crippen LogP contribution in [0, 0.1) is 5.82 Å². The van der Waals surface area contributed by atoms with Gasteiger partial charge in [-0.25, -0.2) is 13.8 Å². The van der Waals surface area contributed by atoms with Crippen molar-refractivity contribution in [2.24, 2.45) is 0 Å². The fourth-order valence-electron chi connectivity index (χ4n) is 6.97. The van der Waals surface area contributed by atoms with Gasteiger partial charge in [-0.15, -0.1) is 0 Å². The number of amides is 1. The van der Waals surface area contributed by atoms with Gasteiger partial charge < -0.3 is 15.5 Å². The number of carbonyl (C=O) groups is 1. The molecule has 2 aromatic carbocycles. The monoisotopic (exact) mass is 577 g/mol. The van der Waals surface area contributed by atoms with Crippen LogP contribution in [0.5, 0.6) is 0 Å². The number of rotatable bonds is 7. The first-order chi connectivity index (χ1) is 20.0. The van der Waals surface area contributed by atoms with E-state index in [9.17, 15) is 9.18 Å². The van der Waals surface area contributed by atoms with Crippen LogP contribution in [0.3, 0.4) is 0 Å². The van der Waals surface area contributed by atoms with E-state index in [0.29, 0.717) is 36.2 Å². The number of carbonyl (C=O) groups excluding carboxylic acids is 1. The highest BCUT2D eigenvalue weighted by atomic mass is 32.1. The van der Waals surface area contributed by atoms with Crippen molar-refractivity contribution in [2.45, 2.75) is 70.0 Å². The van der Waals surface area contributed by atoms with Crippen molar-refractivity contribution in [3.05, 3.63) is 58.5 Å². The fourth-order valence-corrected chi connectivity index (χ4v) is 8.02. The third-order valence-electron chi connectivity index (χ3n) is 9.14. The Morgan fingerprint density at radius 1 is 1.10 bits per heavy atom. The molecule has 4 heterocycles. The van der Waals surface area contributed by atoms with E-state index in [1.54, 1.807) is 6.07 Å². The lowest BCUT2D eigenvalue weighted by atomic mass is 9.82. The lowest BCUT2D eigenvalue weighted by Crippen LogP contribution is -2.36. The maximum Gasteiger partial charge on any atom is 0.251 e. The van der Waals surface area contributed by atoms with E-state index in [1.807, 2.05) is 28.8 Å². The molecule has 0 radical (unpaired) electrons. The number of halogens is 2. The topological polar surface area (TPSA) is 61.7 Å². The van der Waals surface area contributed by atoms with Crippen LogP contribution in [-0.2, 0) is 12.8 Å². The number of aromatic nitrogens is 2. The van der Waals surface area contributed by atoms with Crippen LogP contribution in [0.4, 0.5) is 8.78 Å². The zero-order valence-electron chi connectivity index (χ0n) is 23.4. The summed E-state index contributed by atoms with van der Waals surface area (Å²) in [4.78, 5) is 20.8. The average molecular weight is 578 g/mol. The van der Waals surface area contributed by atoms with Gasteiger partial charge in [0.05, 0.1) is 15.9 Å². The molecule has 0 bridgehead atoms. The second-order valence-corrected chi connectivity index (χ2v) is 12.8. The molecule has 41 heavy (non-hydrogen) atoms. The summed E-state index contributed by atoms with van der Waals surface area (Å²) in [5, 5.41) is 6.59. The summed E-state index contributed by atoms with van der Waals surface area (Å²) in [7, 11) is 0. The van der Waals surface area contributed by atoms with Crippen molar-refractivity contribution in [3.8, 4) is 11.3 Å². The molecule has 6 nitrogen and oxygen atoms in total. The quantitative estimate of drug-likeness (QED) is 0.256. The molecule has 1 aliphatic carbocycles. The molecule has 2 N–H and O–H groups in total. The summed E-state index contributed by atoms with van der Waals surface area (Å²) >= 11 is 1.52. The third-order valence-corrected chi connectivity index (χ3v) is 10.2. The molecule has 4 aromatic rings. The first kappa shape index (κ1) is 27.0. The van der Waals surface area contributed by atoms with Crippen LogP contribution in [0.15, 0.2) is 30.5 Å². The minimum absolute atomic E-state index is 0.0911. The average Bonchev–Trinajstić information content (AvgIpc) is 3.73. The molecule has 2 aliphatic heterocycles. The molecular weight excluding hydrogens is 540 g/mol. The molecule has 1 atom stereocenters. The number of hydrogen-bond acceptors (Lipinski definition) is 5. The van der Waals surface area contributed by atoms with E-state index in [0.717, 1.165) is 97.4 Å². The molecule has 0 unspecified atom stereocenters. The molecule has 3 aliphatic rings. The molecule has 2 aromatic heterocycles. The smallest absolute Gasteiger partial charge is 0.251 e. The van der Waals surface area contributed by atoms with Crippen molar-refractivity contribution < 1.29 is 13.6 Å². The van der Waals surface area contributed by atoms with Crippen LogP contribution in [0.1, 0.15) is 78.0 Å². The first-order valence-corrected chi connectivity index (χ1v) is 16.0. The summed E-state index contributed by atoms with van der Waals surface area (Å²) in [5.41, 5.74) is 6.56. The van der Waals surface area contributed by atoms with E-state index in [2.05, 4.69) is 15.5 Å². The van der Waals surface area contributed by atoms with Crippen molar-refractivity contribution in [3.63, 3.8) is 0 Å². The van der Waals surface area contributed by atoms with Crippen molar-refractivity contribution in [1.29, 1.82) is 0 Å². The van der Waals surface area contributed by atoms with Crippen molar-refractivity contribution in [1.82, 2.24) is 24.9 Å². The van der Waals surface area contributed by atoms with E-state index >= 15 is 4.39 Å². The number of benzene rings is 2. The zero-order valence-corrected chi connectivity index (χ0v) is 24.2. The summed E-state index contributed by atoms with van der Waals surface area (Å²) in [6.45, 7) is 4.06.